The van der Waals surface area contributed by atoms with Crippen LogP contribution in [0.25, 0.3) is 6.08 Å². The van der Waals surface area contributed by atoms with Crippen LogP contribution in [-0.2, 0) is 14.8 Å². The minimum atomic E-state index is -3.72. The highest BCUT2D eigenvalue weighted by atomic mass is 32.2. The van der Waals surface area contributed by atoms with Crippen LogP contribution < -0.4 is 20.1 Å². The van der Waals surface area contributed by atoms with Crippen LogP contribution in [0, 0.1) is 10.1 Å². The first kappa shape index (κ1) is 22.8. The van der Waals surface area contributed by atoms with Crippen molar-refractivity contribution in [3.8, 4) is 5.75 Å². The van der Waals surface area contributed by atoms with Gasteiger partial charge in [-0.1, -0.05) is 18.2 Å². The zero-order valence-electron chi connectivity index (χ0n) is 16.4. The number of anilines is 1. The van der Waals surface area contributed by atoms with Crippen LogP contribution in [0.3, 0.4) is 0 Å². The van der Waals surface area contributed by atoms with Gasteiger partial charge in [0.05, 0.1) is 12.0 Å². The average Bonchev–Trinajstić information content (AvgIpc) is 2.75. The van der Waals surface area contributed by atoms with Crippen molar-refractivity contribution in [1.29, 1.82) is 0 Å². The molecule has 0 aliphatic carbocycles. The van der Waals surface area contributed by atoms with Gasteiger partial charge in [0.25, 0.3) is 5.69 Å². The maximum absolute atomic E-state index is 12.1. The van der Waals surface area contributed by atoms with Crippen molar-refractivity contribution in [1.82, 2.24) is 10.0 Å². The second kappa shape index (κ2) is 10.4. The Kier molecular flexibility index (Phi) is 7.90. The SMILES string of the molecule is CNS(=O)(=O)c1cc(/C=C/C(=O)NCCNc2ccccc2[N+](=O)[O-])ccc1OC. The van der Waals surface area contributed by atoms with E-state index in [1.165, 1.54) is 44.5 Å². The quantitative estimate of drug-likeness (QED) is 0.224. The van der Waals surface area contributed by atoms with Crippen LogP contribution in [0.15, 0.2) is 53.4 Å². The zero-order valence-corrected chi connectivity index (χ0v) is 17.2. The molecule has 2 aromatic carbocycles. The van der Waals surface area contributed by atoms with Crippen LogP contribution in [0.5, 0.6) is 5.75 Å². The number of amides is 1. The summed E-state index contributed by atoms with van der Waals surface area (Å²) in [4.78, 5) is 22.4. The number of nitrogens with one attached hydrogen (secondary N) is 3. The summed E-state index contributed by atoms with van der Waals surface area (Å²) < 4.78 is 31.5. The minimum Gasteiger partial charge on any atom is -0.495 e. The maximum atomic E-state index is 12.1. The summed E-state index contributed by atoms with van der Waals surface area (Å²) in [6.07, 6.45) is 2.74. The molecule has 0 fully saturated rings. The van der Waals surface area contributed by atoms with Crippen molar-refractivity contribution in [2.75, 3.05) is 32.6 Å². The van der Waals surface area contributed by atoms with Crippen LogP contribution in [0.1, 0.15) is 5.56 Å². The van der Waals surface area contributed by atoms with E-state index in [4.69, 9.17) is 4.74 Å². The van der Waals surface area contributed by atoms with Gasteiger partial charge in [-0.3, -0.25) is 14.9 Å². The molecule has 10 nitrogen and oxygen atoms in total. The molecule has 0 radical (unpaired) electrons. The topological polar surface area (TPSA) is 140 Å². The Hall–Kier alpha value is -3.44. The van der Waals surface area contributed by atoms with E-state index in [-0.39, 0.29) is 29.4 Å². The molecular weight excluding hydrogens is 412 g/mol. The molecule has 0 atom stereocenters. The zero-order chi connectivity index (χ0) is 22.1. The molecule has 0 aliphatic rings. The molecule has 0 aliphatic heterocycles. The molecule has 2 aromatic rings. The number of para-hydroxylation sites is 2. The normalized spacial score (nSPS) is 11.3. The molecular formula is C19H22N4O6S. The third kappa shape index (κ3) is 6.03. The van der Waals surface area contributed by atoms with Gasteiger partial charge < -0.3 is 15.4 Å². The van der Waals surface area contributed by atoms with Gasteiger partial charge in [-0.15, -0.1) is 0 Å². The van der Waals surface area contributed by atoms with Gasteiger partial charge in [-0.05, 0) is 36.9 Å². The van der Waals surface area contributed by atoms with E-state index in [0.717, 1.165) is 0 Å². The lowest BCUT2D eigenvalue weighted by molar-refractivity contribution is -0.384. The van der Waals surface area contributed by atoms with Crippen LogP contribution in [-0.4, -0.2) is 46.5 Å². The molecule has 0 aromatic heterocycles. The number of rotatable bonds is 10. The van der Waals surface area contributed by atoms with Crippen LogP contribution >= 0.6 is 0 Å². The fourth-order valence-electron chi connectivity index (χ4n) is 2.51. The Balaban J connectivity index is 1.94. The number of hydrogen-bond acceptors (Lipinski definition) is 7. The van der Waals surface area contributed by atoms with Crippen molar-refractivity contribution in [2.45, 2.75) is 4.90 Å². The number of nitrogens with zero attached hydrogens (tertiary/aromatic N) is 1. The number of nitro groups is 1. The number of sulfonamides is 1. The first-order valence-electron chi connectivity index (χ1n) is 8.83. The number of ether oxygens (including phenoxy) is 1. The van der Waals surface area contributed by atoms with E-state index in [1.54, 1.807) is 24.3 Å². The molecule has 160 valence electrons. The van der Waals surface area contributed by atoms with Gasteiger partial charge in [0.1, 0.15) is 16.3 Å². The smallest absolute Gasteiger partial charge is 0.292 e. The Morgan fingerprint density at radius 2 is 1.93 bits per heavy atom. The van der Waals surface area contributed by atoms with Gasteiger partial charge in [0, 0.05) is 25.2 Å². The summed E-state index contributed by atoms with van der Waals surface area (Å²) in [5.74, 6) is -0.208. The van der Waals surface area contributed by atoms with Crippen molar-refractivity contribution >= 4 is 33.4 Å². The number of methoxy groups -OCH3 is 1. The molecule has 11 heteroatoms. The molecule has 0 bridgehead atoms. The maximum Gasteiger partial charge on any atom is 0.292 e. The first-order valence-corrected chi connectivity index (χ1v) is 10.3. The number of carbonyl (C=O) groups is 1. The number of nitro benzene ring substituents is 1. The van der Waals surface area contributed by atoms with Crippen molar-refractivity contribution in [3.05, 3.63) is 64.2 Å². The molecule has 0 saturated carbocycles. The Bertz CT molecular complexity index is 1050. The van der Waals surface area contributed by atoms with Crippen LogP contribution in [0.4, 0.5) is 11.4 Å². The third-order valence-electron chi connectivity index (χ3n) is 4.01. The Morgan fingerprint density at radius 1 is 1.20 bits per heavy atom. The fourth-order valence-corrected chi connectivity index (χ4v) is 3.44. The predicted molar refractivity (Wildman–Crippen MR) is 113 cm³/mol. The van der Waals surface area contributed by atoms with E-state index < -0.39 is 20.9 Å². The summed E-state index contributed by atoms with van der Waals surface area (Å²) in [5.41, 5.74) is 0.817. The fraction of sp³-hybridized carbons (Fsp3) is 0.211. The lowest BCUT2D eigenvalue weighted by Gasteiger charge is -2.09. The second-order valence-corrected chi connectivity index (χ2v) is 7.80. The highest BCUT2D eigenvalue weighted by Gasteiger charge is 2.17. The molecule has 0 unspecified atom stereocenters. The lowest BCUT2D eigenvalue weighted by atomic mass is 10.2. The highest BCUT2D eigenvalue weighted by Crippen LogP contribution is 2.25. The summed E-state index contributed by atoms with van der Waals surface area (Å²) in [6, 6.07) is 10.7. The molecule has 30 heavy (non-hydrogen) atoms. The van der Waals surface area contributed by atoms with Crippen molar-refractivity contribution in [3.63, 3.8) is 0 Å². The van der Waals surface area contributed by atoms with Gasteiger partial charge >= 0.3 is 0 Å². The highest BCUT2D eigenvalue weighted by molar-refractivity contribution is 7.89. The average molecular weight is 434 g/mol. The van der Waals surface area contributed by atoms with Gasteiger partial charge in [0.15, 0.2) is 0 Å². The van der Waals surface area contributed by atoms with Crippen LogP contribution in [0.2, 0.25) is 0 Å². The predicted octanol–water partition coefficient (Wildman–Crippen LogP) is 1.75. The lowest BCUT2D eigenvalue weighted by Crippen LogP contribution is -2.27. The Labute approximate surface area is 174 Å². The van der Waals surface area contributed by atoms with E-state index in [1.807, 2.05) is 0 Å². The largest absolute Gasteiger partial charge is 0.495 e. The Morgan fingerprint density at radius 3 is 2.60 bits per heavy atom. The summed E-state index contributed by atoms with van der Waals surface area (Å²) in [5, 5.41) is 16.5. The van der Waals surface area contributed by atoms with Gasteiger partial charge in [-0.25, -0.2) is 13.1 Å². The standard InChI is InChI=1S/C19H22N4O6S/c1-20-30(27,28)18-13-14(7-9-17(18)29-2)8-10-19(24)22-12-11-21-15-5-3-4-6-16(15)23(25)26/h3-10,13,20-21H,11-12H2,1-2H3,(H,22,24)/b10-8+. The molecule has 2 rings (SSSR count). The van der Waals surface area contributed by atoms with Crippen molar-refractivity contribution in [2.24, 2.45) is 0 Å². The summed E-state index contributed by atoms with van der Waals surface area (Å²) in [7, 11) is -1.06. The summed E-state index contributed by atoms with van der Waals surface area (Å²) in [6.45, 7) is 0.523. The molecule has 1 amide bonds. The molecule has 0 spiro atoms. The third-order valence-corrected chi connectivity index (χ3v) is 5.45. The molecule has 0 saturated heterocycles. The monoisotopic (exact) mass is 434 g/mol. The van der Waals surface area contributed by atoms with E-state index in [2.05, 4.69) is 15.4 Å². The number of hydrogen-bond donors (Lipinski definition) is 3. The summed E-state index contributed by atoms with van der Waals surface area (Å²) >= 11 is 0. The van der Waals surface area contributed by atoms with E-state index >= 15 is 0 Å². The number of carbonyl (C=O) groups excluding carboxylic acids is 1. The van der Waals surface area contributed by atoms with E-state index in [0.29, 0.717) is 11.3 Å². The van der Waals surface area contributed by atoms with Gasteiger partial charge in [-0.2, -0.15) is 0 Å². The minimum absolute atomic E-state index is 0.0382. The van der Waals surface area contributed by atoms with E-state index in [9.17, 15) is 23.3 Å². The molecule has 0 heterocycles. The number of benzene rings is 2. The van der Waals surface area contributed by atoms with Crippen molar-refractivity contribution < 1.29 is 22.9 Å². The molecule has 3 N–H and O–H groups in total. The first-order chi connectivity index (χ1) is 14.3. The van der Waals surface area contributed by atoms with Gasteiger partial charge in [0.2, 0.25) is 15.9 Å². The second-order valence-electron chi connectivity index (χ2n) is 5.94.